The third-order valence-electron chi connectivity index (χ3n) is 2.30. The van der Waals surface area contributed by atoms with Crippen LogP contribution in [0.3, 0.4) is 0 Å². The van der Waals surface area contributed by atoms with E-state index in [1.807, 2.05) is 34.6 Å². The van der Waals surface area contributed by atoms with Gasteiger partial charge in [-0.25, -0.2) is 4.79 Å². The van der Waals surface area contributed by atoms with E-state index in [-0.39, 0.29) is 18.1 Å². The summed E-state index contributed by atoms with van der Waals surface area (Å²) in [5.74, 6) is 0.330. The van der Waals surface area contributed by atoms with Gasteiger partial charge in [-0.3, -0.25) is 0 Å². The second-order valence-corrected chi connectivity index (χ2v) is 5.57. The molecule has 16 heavy (non-hydrogen) atoms. The Bertz CT molecular complexity index is 209. The van der Waals surface area contributed by atoms with Gasteiger partial charge in [0.25, 0.3) is 0 Å². The van der Waals surface area contributed by atoms with Gasteiger partial charge in [-0.15, -0.1) is 0 Å². The average molecular weight is 231 g/mol. The number of hydrogen-bond donors (Lipinski definition) is 2. The molecular formula is C12H25NO3. The van der Waals surface area contributed by atoms with Gasteiger partial charge in [-0.1, -0.05) is 34.6 Å². The van der Waals surface area contributed by atoms with Crippen LogP contribution < -0.4 is 5.32 Å². The van der Waals surface area contributed by atoms with Gasteiger partial charge in [-0.05, 0) is 17.8 Å². The second-order valence-electron chi connectivity index (χ2n) is 5.57. The van der Waals surface area contributed by atoms with E-state index in [4.69, 9.17) is 9.84 Å². The minimum absolute atomic E-state index is 0.0619. The number of carbonyl (C=O) groups is 1. The Morgan fingerprint density at radius 3 is 2.31 bits per heavy atom. The summed E-state index contributed by atoms with van der Waals surface area (Å²) >= 11 is 0. The van der Waals surface area contributed by atoms with E-state index < -0.39 is 6.09 Å². The number of aliphatic hydroxyl groups excluding tert-OH is 1. The third-order valence-corrected chi connectivity index (χ3v) is 2.30. The van der Waals surface area contributed by atoms with Crippen LogP contribution in [-0.4, -0.2) is 30.5 Å². The zero-order chi connectivity index (χ0) is 12.8. The molecule has 0 rings (SSSR count). The third kappa shape index (κ3) is 6.67. The molecule has 0 aliphatic heterocycles. The predicted octanol–water partition coefficient (Wildman–Crippen LogP) is 2.17. The van der Waals surface area contributed by atoms with Crippen LogP contribution in [0.25, 0.3) is 0 Å². The van der Waals surface area contributed by atoms with Crippen LogP contribution in [-0.2, 0) is 4.74 Å². The highest BCUT2D eigenvalue weighted by Gasteiger charge is 2.26. The zero-order valence-electron chi connectivity index (χ0n) is 11.0. The SMILES string of the molecule is CC(C)COC(=O)NC(CCO)C(C)(C)C. The summed E-state index contributed by atoms with van der Waals surface area (Å²) in [6, 6.07) is -0.0721. The Labute approximate surface area is 98.4 Å². The second kappa shape index (κ2) is 6.74. The van der Waals surface area contributed by atoms with Gasteiger partial charge in [0, 0.05) is 12.6 Å². The molecule has 0 aromatic carbocycles. The topological polar surface area (TPSA) is 58.6 Å². The van der Waals surface area contributed by atoms with E-state index in [2.05, 4.69) is 5.32 Å². The van der Waals surface area contributed by atoms with Crippen molar-refractivity contribution >= 4 is 6.09 Å². The van der Waals surface area contributed by atoms with Gasteiger partial charge in [-0.2, -0.15) is 0 Å². The molecule has 0 aromatic heterocycles. The molecular weight excluding hydrogens is 206 g/mol. The molecule has 0 bridgehead atoms. The Kier molecular flexibility index (Phi) is 6.41. The van der Waals surface area contributed by atoms with Crippen molar-refractivity contribution in [1.82, 2.24) is 5.32 Å². The fourth-order valence-electron chi connectivity index (χ4n) is 1.28. The summed E-state index contributed by atoms with van der Waals surface area (Å²) in [5, 5.41) is 11.7. The number of nitrogens with one attached hydrogen (secondary N) is 1. The van der Waals surface area contributed by atoms with Crippen LogP contribution >= 0.6 is 0 Å². The lowest BCUT2D eigenvalue weighted by atomic mass is 9.85. The van der Waals surface area contributed by atoms with Gasteiger partial charge in [0.1, 0.15) is 0 Å². The fraction of sp³-hybridized carbons (Fsp3) is 0.917. The molecule has 2 N–H and O–H groups in total. The highest BCUT2D eigenvalue weighted by molar-refractivity contribution is 5.67. The number of carbonyl (C=O) groups excluding carboxylic acids is 1. The quantitative estimate of drug-likeness (QED) is 0.762. The van der Waals surface area contributed by atoms with Crippen molar-refractivity contribution in [3.05, 3.63) is 0 Å². The molecule has 4 heteroatoms. The van der Waals surface area contributed by atoms with Crippen molar-refractivity contribution in [2.45, 2.75) is 47.1 Å². The summed E-state index contributed by atoms with van der Waals surface area (Å²) in [5.41, 5.74) is -0.0837. The number of amides is 1. The number of aliphatic hydroxyl groups is 1. The molecule has 96 valence electrons. The Morgan fingerprint density at radius 2 is 1.94 bits per heavy atom. The molecule has 0 heterocycles. The number of alkyl carbamates (subject to hydrolysis) is 1. The van der Waals surface area contributed by atoms with E-state index in [1.165, 1.54) is 0 Å². The molecule has 0 saturated heterocycles. The summed E-state index contributed by atoms with van der Waals surface area (Å²) in [6.45, 7) is 10.5. The molecule has 0 saturated carbocycles. The van der Waals surface area contributed by atoms with Crippen LogP contribution in [0, 0.1) is 11.3 Å². The van der Waals surface area contributed by atoms with Crippen molar-refractivity contribution in [3.8, 4) is 0 Å². The maximum absolute atomic E-state index is 11.5. The van der Waals surface area contributed by atoms with Gasteiger partial charge >= 0.3 is 6.09 Å². The Morgan fingerprint density at radius 1 is 1.38 bits per heavy atom. The van der Waals surface area contributed by atoms with Crippen molar-refractivity contribution in [1.29, 1.82) is 0 Å². The molecule has 1 amide bonds. The number of ether oxygens (including phenoxy) is 1. The van der Waals surface area contributed by atoms with E-state index in [0.717, 1.165) is 0 Å². The molecule has 4 nitrogen and oxygen atoms in total. The van der Waals surface area contributed by atoms with Crippen LogP contribution in [0.5, 0.6) is 0 Å². The van der Waals surface area contributed by atoms with Crippen LogP contribution in [0.1, 0.15) is 41.0 Å². The van der Waals surface area contributed by atoms with Crippen molar-refractivity contribution in [2.75, 3.05) is 13.2 Å². The summed E-state index contributed by atoms with van der Waals surface area (Å²) in [7, 11) is 0. The van der Waals surface area contributed by atoms with Crippen LogP contribution in [0.2, 0.25) is 0 Å². The van der Waals surface area contributed by atoms with Gasteiger partial charge in [0.15, 0.2) is 0 Å². The first-order chi connectivity index (χ1) is 7.27. The van der Waals surface area contributed by atoms with E-state index in [9.17, 15) is 4.79 Å². The first-order valence-electron chi connectivity index (χ1n) is 5.81. The molecule has 1 unspecified atom stereocenters. The number of hydrogen-bond acceptors (Lipinski definition) is 3. The maximum Gasteiger partial charge on any atom is 0.407 e. The molecule has 0 spiro atoms. The minimum atomic E-state index is -0.401. The van der Waals surface area contributed by atoms with E-state index >= 15 is 0 Å². The van der Waals surface area contributed by atoms with Crippen LogP contribution in [0.4, 0.5) is 4.79 Å². The van der Waals surface area contributed by atoms with Gasteiger partial charge < -0.3 is 15.2 Å². The summed E-state index contributed by atoms with van der Waals surface area (Å²) in [4.78, 5) is 11.5. The first-order valence-corrected chi connectivity index (χ1v) is 5.81. The van der Waals surface area contributed by atoms with Gasteiger partial charge in [0.2, 0.25) is 0 Å². The molecule has 0 aliphatic carbocycles. The summed E-state index contributed by atoms with van der Waals surface area (Å²) < 4.78 is 5.04. The average Bonchev–Trinajstić information content (AvgIpc) is 2.12. The molecule has 0 aromatic rings. The molecule has 0 aliphatic rings. The normalized spacial score (nSPS) is 13.7. The molecule has 0 fully saturated rings. The molecule has 1 atom stereocenters. The highest BCUT2D eigenvalue weighted by atomic mass is 16.5. The maximum atomic E-state index is 11.5. The lowest BCUT2D eigenvalue weighted by Crippen LogP contribution is -2.44. The predicted molar refractivity (Wildman–Crippen MR) is 64.3 cm³/mol. The largest absolute Gasteiger partial charge is 0.449 e. The zero-order valence-corrected chi connectivity index (χ0v) is 11.0. The first kappa shape index (κ1) is 15.2. The smallest absolute Gasteiger partial charge is 0.407 e. The van der Waals surface area contributed by atoms with Crippen LogP contribution in [0.15, 0.2) is 0 Å². The van der Waals surface area contributed by atoms with E-state index in [1.54, 1.807) is 0 Å². The Balaban J connectivity index is 4.14. The van der Waals surface area contributed by atoms with Crippen molar-refractivity contribution in [2.24, 2.45) is 11.3 Å². The van der Waals surface area contributed by atoms with Gasteiger partial charge in [0.05, 0.1) is 6.61 Å². The summed E-state index contributed by atoms with van der Waals surface area (Å²) in [6.07, 6.45) is 0.141. The fourth-order valence-corrected chi connectivity index (χ4v) is 1.28. The number of rotatable bonds is 5. The highest BCUT2D eigenvalue weighted by Crippen LogP contribution is 2.21. The standard InChI is InChI=1S/C12H25NO3/c1-9(2)8-16-11(15)13-10(6-7-14)12(3,4)5/h9-10,14H,6-8H2,1-5H3,(H,13,15). The lowest BCUT2D eigenvalue weighted by molar-refractivity contribution is 0.115. The monoisotopic (exact) mass is 231 g/mol. The van der Waals surface area contributed by atoms with Crippen molar-refractivity contribution < 1.29 is 14.6 Å². The lowest BCUT2D eigenvalue weighted by Gasteiger charge is -2.30. The van der Waals surface area contributed by atoms with E-state index in [0.29, 0.717) is 18.9 Å². The molecule has 0 radical (unpaired) electrons. The van der Waals surface area contributed by atoms with Crippen molar-refractivity contribution in [3.63, 3.8) is 0 Å². The minimum Gasteiger partial charge on any atom is -0.449 e. The Hall–Kier alpha value is -0.770.